The zero-order valence-corrected chi connectivity index (χ0v) is 12.0. The van der Waals surface area contributed by atoms with Gasteiger partial charge in [-0.15, -0.1) is 10.2 Å². The van der Waals surface area contributed by atoms with Crippen molar-refractivity contribution in [3.8, 4) is 0 Å². The Morgan fingerprint density at radius 2 is 2.20 bits per heavy atom. The predicted molar refractivity (Wildman–Crippen MR) is 73.0 cm³/mol. The van der Waals surface area contributed by atoms with Crippen LogP contribution in [0.1, 0.15) is 31.5 Å². The molecule has 0 spiro atoms. The monoisotopic (exact) mass is 278 g/mol. The summed E-state index contributed by atoms with van der Waals surface area (Å²) in [4.78, 5) is 14.2. The molecule has 110 valence electrons. The summed E-state index contributed by atoms with van der Waals surface area (Å²) in [5.41, 5.74) is 0. The third kappa shape index (κ3) is 2.85. The number of likely N-dealkylation sites (tertiary alicyclic amines) is 1. The number of aromatic nitrogens is 3. The van der Waals surface area contributed by atoms with Gasteiger partial charge in [0.1, 0.15) is 18.3 Å². The van der Waals surface area contributed by atoms with Gasteiger partial charge in [-0.05, 0) is 31.6 Å². The van der Waals surface area contributed by atoms with E-state index in [9.17, 15) is 4.79 Å². The Balaban J connectivity index is 1.49. The molecule has 3 rings (SSSR count). The summed E-state index contributed by atoms with van der Waals surface area (Å²) in [6.07, 6.45) is 6.52. The summed E-state index contributed by atoms with van der Waals surface area (Å²) in [7, 11) is 1.98. The van der Waals surface area contributed by atoms with Crippen molar-refractivity contribution in [3.63, 3.8) is 0 Å². The molecule has 0 N–H and O–H groups in total. The fraction of sp³-hybridized carbons (Fsp3) is 0.786. The molecule has 2 aliphatic rings. The Bertz CT molecular complexity index is 459. The third-order valence-corrected chi connectivity index (χ3v) is 4.41. The molecule has 6 nitrogen and oxygen atoms in total. The van der Waals surface area contributed by atoms with Crippen LogP contribution in [-0.4, -0.2) is 51.4 Å². The van der Waals surface area contributed by atoms with Crippen LogP contribution < -0.4 is 0 Å². The first-order valence-electron chi connectivity index (χ1n) is 7.47. The summed E-state index contributed by atoms with van der Waals surface area (Å²) in [6.45, 7) is 2.43. The van der Waals surface area contributed by atoms with E-state index in [0.29, 0.717) is 5.92 Å². The van der Waals surface area contributed by atoms with Crippen molar-refractivity contribution in [2.75, 3.05) is 19.7 Å². The van der Waals surface area contributed by atoms with Crippen molar-refractivity contribution in [3.05, 3.63) is 12.2 Å². The van der Waals surface area contributed by atoms with Gasteiger partial charge < -0.3 is 14.2 Å². The third-order valence-electron chi connectivity index (χ3n) is 4.41. The summed E-state index contributed by atoms with van der Waals surface area (Å²) in [6, 6.07) is 0. The number of amides is 1. The van der Waals surface area contributed by atoms with E-state index in [4.69, 9.17) is 4.74 Å². The molecule has 1 atom stereocenters. The first-order chi connectivity index (χ1) is 9.74. The van der Waals surface area contributed by atoms with Crippen LogP contribution in [0.4, 0.5) is 0 Å². The Labute approximate surface area is 119 Å². The molecular weight excluding hydrogens is 256 g/mol. The lowest BCUT2D eigenvalue weighted by Gasteiger charge is -2.33. The van der Waals surface area contributed by atoms with Gasteiger partial charge in [0.2, 0.25) is 0 Å². The minimum Gasteiger partial charge on any atom is -0.368 e. The van der Waals surface area contributed by atoms with Crippen LogP contribution in [-0.2, 0) is 23.0 Å². The summed E-state index contributed by atoms with van der Waals surface area (Å²) >= 11 is 0. The van der Waals surface area contributed by atoms with Crippen LogP contribution in [0.25, 0.3) is 0 Å². The second kappa shape index (κ2) is 5.91. The largest absolute Gasteiger partial charge is 0.368 e. The molecule has 0 radical (unpaired) electrons. The Hall–Kier alpha value is -1.43. The zero-order valence-electron chi connectivity index (χ0n) is 12.0. The van der Waals surface area contributed by atoms with Gasteiger partial charge in [0.25, 0.3) is 5.91 Å². The molecule has 1 unspecified atom stereocenters. The van der Waals surface area contributed by atoms with Gasteiger partial charge in [0.15, 0.2) is 0 Å². The molecule has 0 saturated carbocycles. The Morgan fingerprint density at radius 1 is 1.40 bits per heavy atom. The summed E-state index contributed by atoms with van der Waals surface area (Å²) in [5, 5.41) is 8.05. The smallest absolute Gasteiger partial charge is 0.251 e. The second-order valence-electron chi connectivity index (χ2n) is 5.83. The number of nitrogens with zero attached hydrogens (tertiary/aromatic N) is 4. The number of carbonyl (C=O) groups excluding carboxylic acids is 1. The van der Waals surface area contributed by atoms with Crippen LogP contribution in [0, 0.1) is 5.92 Å². The predicted octanol–water partition coefficient (Wildman–Crippen LogP) is 0.775. The topological polar surface area (TPSA) is 60.2 Å². The first-order valence-corrected chi connectivity index (χ1v) is 7.47. The molecule has 0 bridgehead atoms. The molecule has 20 heavy (non-hydrogen) atoms. The molecular formula is C14H22N4O2. The maximum absolute atomic E-state index is 12.3. The average molecular weight is 278 g/mol. The highest BCUT2D eigenvalue weighted by Crippen LogP contribution is 2.23. The minimum atomic E-state index is -0.176. The highest BCUT2D eigenvalue weighted by molar-refractivity contribution is 5.81. The van der Waals surface area contributed by atoms with E-state index in [1.807, 2.05) is 16.5 Å². The highest BCUT2D eigenvalue weighted by Gasteiger charge is 2.31. The van der Waals surface area contributed by atoms with Gasteiger partial charge in [0, 0.05) is 33.2 Å². The lowest BCUT2D eigenvalue weighted by Crippen LogP contribution is -2.44. The molecule has 2 fully saturated rings. The van der Waals surface area contributed by atoms with Crippen LogP contribution in [0.5, 0.6) is 0 Å². The van der Waals surface area contributed by atoms with E-state index >= 15 is 0 Å². The molecule has 3 heterocycles. The number of aryl methyl sites for hydroxylation is 1. The highest BCUT2D eigenvalue weighted by atomic mass is 16.5. The van der Waals surface area contributed by atoms with Crippen LogP contribution in [0.2, 0.25) is 0 Å². The molecule has 1 amide bonds. The van der Waals surface area contributed by atoms with Crippen LogP contribution in [0.15, 0.2) is 6.33 Å². The van der Waals surface area contributed by atoms with Gasteiger partial charge in [-0.25, -0.2) is 0 Å². The van der Waals surface area contributed by atoms with Crippen LogP contribution >= 0.6 is 0 Å². The minimum absolute atomic E-state index is 0.176. The fourth-order valence-electron chi connectivity index (χ4n) is 3.08. The van der Waals surface area contributed by atoms with Gasteiger partial charge in [-0.2, -0.15) is 0 Å². The number of carbonyl (C=O) groups is 1. The van der Waals surface area contributed by atoms with E-state index in [0.717, 1.165) is 57.6 Å². The SMILES string of the molecule is Cn1cnnc1CC1CCN(C(=O)C2CCCO2)CC1. The number of hydrogen-bond acceptors (Lipinski definition) is 4. The molecule has 1 aromatic heterocycles. The molecule has 1 aromatic rings. The second-order valence-corrected chi connectivity index (χ2v) is 5.83. The standard InChI is InChI=1S/C14H22N4O2/c1-17-10-15-16-13(17)9-11-4-6-18(7-5-11)14(19)12-3-2-8-20-12/h10-12H,2-9H2,1H3. The van der Waals surface area contributed by atoms with Gasteiger partial charge >= 0.3 is 0 Å². The fourth-order valence-corrected chi connectivity index (χ4v) is 3.08. The average Bonchev–Trinajstić information content (AvgIpc) is 3.12. The molecule has 2 aliphatic heterocycles. The summed E-state index contributed by atoms with van der Waals surface area (Å²) in [5.74, 6) is 1.83. The number of rotatable bonds is 3. The number of piperidine rings is 1. The number of hydrogen-bond donors (Lipinski definition) is 0. The maximum atomic E-state index is 12.3. The normalized spacial score (nSPS) is 24.2. The van der Waals surface area contributed by atoms with Gasteiger partial charge in [-0.3, -0.25) is 4.79 Å². The van der Waals surface area contributed by atoms with Crippen molar-refractivity contribution in [1.82, 2.24) is 19.7 Å². The lowest BCUT2D eigenvalue weighted by molar-refractivity contribution is -0.142. The van der Waals surface area contributed by atoms with Gasteiger partial charge in [-0.1, -0.05) is 0 Å². The Kier molecular flexibility index (Phi) is 4.00. The van der Waals surface area contributed by atoms with Crippen molar-refractivity contribution in [2.24, 2.45) is 13.0 Å². The molecule has 0 aliphatic carbocycles. The number of ether oxygens (including phenoxy) is 1. The van der Waals surface area contributed by atoms with Gasteiger partial charge in [0.05, 0.1) is 0 Å². The lowest BCUT2D eigenvalue weighted by atomic mass is 9.93. The van der Waals surface area contributed by atoms with Crippen molar-refractivity contribution < 1.29 is 9.53 Å². The summed E-state index contributed by atoms with van der Waals surface area (Å²) < 4.78 is 7.46. The molecule has 0 aromatic carbocycles. The van der Waals surface area contributed by atoms with Crippen molar-refractivity contribution in [2.45, 2.75) is 38.2 Å². The zero-order chi connectivity index (χ0) is 13.9. The van der Waals surface area contributed by atoms with E-state index < -0.39 is 0 Å². The quantitative estimate of drug-likeness (QED) is 0.819. The first kappa shape index (κ1) is 13.5. The van der Waals surface area contributed by atoms with Crippen LogP contribution in [0.3, 0.4) is 0 Å². The van der Waals surface area contributed by atoms with Crippen molar-refractivity contribution >= 4 is 5.91 Å². The van der Waals surface area contributed by atoms with E-state index in [1.165, 1.54) is 0 Å². The molecule has 2 saturated heterocycles. The Morgan fingerprint density at radius 3 is 2.80 bits per heavy atom. The van der Waals surface area contributed by atoms with E-state index in [2.05, 4.69) is 10.2 Å². The van der Waals surface area contributed by atoms with E-state index in [-0.39, 0.29) is 12.0 Å². The maximum Gasteiger partial charge on any atom is 0.251 e. The van der Waals surface area contributed by atoms with Crippen molar-refractivity contribution in [1.29, 1.82) is 0 Å². The van der Waals surface area contributed by atoms with E-state index in [1.54, 1.807) is 6.33 Å². The molecule has 6 heteroatoms.